The number of hydrogen-bond acceptors (Lipinski definition) is 11. The maximum Gasteiger partial charge on any atom is 0.256 e. The first-order chi connectivity index (χ1) is 31.6. The van der Waals surface area contributed by atoms with Gasteiger partial charge in [-0.05, 0) is 186 Å². The molecule has 348 valence electrons. The normalized spacial score (nSPS) is 29.7. The van der Waals surface area contributed by atoms with E-state index < -0.39 is 12.2 Å². The largest absolute Gasteiger partial charge is 0.393 e. The molecule has 3 heterocycles. The van der Waals surface area contributed by atoms with Crippen LogP contribution in [-0.2, 0) is 4.79 Å². The molecule has 0 bridgehead atoms. The number of hydrogen-bond donors (Lipinski definition) is 6. The van der Waals surface area contributed by atoms with Gasteiger partial charge in [-0.15, -0.1) is 0 Å². The summed E-state index contributed by atoms with van der Waals surface area (Å²) in [6.07, 6.45) is 9.03. The molecule has 4 saturated carbocycles. The molecule has 11 atom stereocenters. The second-order valence-electron chi connectivity index (χ2n) is 20.4. The fraction of sp³-hybridized carbons (Fsp3) is 0.500. The number of anilines is 4. The number of rotatable bonds is 12. The first-order valence-corrected chi connectivity index (χ1v) is 25.3. The molecule has 9 rings (SSSR count). The molecule has 0 aliphatic heterocycles. The Morgan fingerprint density at radius 3 is 2.44 bits per heavy atom. The number of fused-ring (bicyclic) bond motifs is 6. The molecule has 6 N–H and O–H groups in total. The van der Waals surface area contributed by atoms with E-state index in [4.69, 9.17) is 4.98 Å². The van der Waals surface area contributed by atoms with Crippen molar-refractivity contribution in [3.63, 3.8) is 0 Å². The minimum Gasteiger partial charge on any atom is -0.393 e. The van der Waals surface area contributed by atoms with Crippen LogP contribution in [0.2, 0.25) is 0 Å². The Labute approximate surface area is 400 Å². The SMILES string of the molecule is CC(C)c1ccc2c(Nc3cc(C(=O)Nc4ccc(Br)cn4)ccc3Sc3ccc(NC(=O)CCC(C)C4CCC5C6C(O)CC7CC(O)CCC7(C)C6CC(O)C45C)cc3)ncnc2n1. The van der Waals surface area contributed by atoms with Crippen molar-refractivity contribution in [2.45, 2.75) is 126 Å². The van der Waals surface area contributed by atoms with E-state index in [9.17, 15) is 24.9 Å². The number of nitrogens with zero attached hydrogens (tertiary/aromatic N) is 4. The van der Waals surface area contributed by atoms with Gasteiger partial charge in [-0.2, -0.15) is 0 Å². The third kappa shape index (κ3) is 9.12. The lowest BCUT2D eigenvalue weighted by Crippen LogP contribution is -2.62. The van der Waals surface area contributed by atoms with E-state index in [2.05, 4.69) is 81.5 Å². The summed E-state index contributed by atoms with van der Waals surface area (Å²) in [5, 5.41) is 44.4. The Morgan fingerprint density at radius 2 is 1.68 bits per heavy atom. The Kier molecular flexibility index (Phi) is 13.4. The summed E-state index contributed by atoms with van der Waals surface area (Å²) in [4.78, 5) is 46.8. The maximum atomic E-state index is 13.5. The van der Waals surface area contributed by atoms with Gasteiger partial charge in [0.25, 0.3) is 5.91 Å². The molecule has 2 aromatic carbocycles. The minimum atomic E-state index is -0.453. The van der Waals surface area contributed by atoms with E-state index in [1.807, 2.05) is 48.5 Å². The number of amides is 2. The average molecular weight is 977 g/mol. The molecule has 14 heteroatoms. The summed E-state index contributed by atoms with van der Waals surface area (Å²) in [6, 6.07) is 20.7. The first-order valence-electron chi connectivity index (χ1n) is 23.7. The minimum absolute atomic E-state index is 0.0407. The van der Waals surface area contributed by atoms with E-state index in [-0.39, 0.29) is 64.3 Å². The molecule has 0 radical (unpaired) electrons. The maximum absolute atomic E-state index is 13.5. The summed E-state index contributed by atoms with van der Waals surface area (Å²) < 4.78 is 0.810. The van der Waals surface area contributed by atoms with Crippen molar-refractivity contribution < 1.29 is 24.9 Å². The van der Waals surface area contributed by atoms with Crippen molar-refractivity contribution in [3.05, 3.63) is 95.0 Å². The van der Waals surface area contributed by atoms with Crippen LogP contribution in [0.3, 0.4) is 0 Å². The molecule has 2 amide bonds. The van der Waals surface area contributed by atoms with Crippen LogP contribution in [0.25, 0.3) is 11.0 Å². The monoisotopic (exact) mass is 975 g/mol. The molecule has 0 spiro atoms. The van der Waals surface area contributed by atoms with Gasteiger partial charge in [-0.1, -0.05) is 46.4 Å². The Bertz CT molecular complexity index is 2580. The van der Waals surface area contributed by atoms with Crippen molar-refractivity contribution in [1.29, 1.82) is 0 Å². The van der Waals surface area contributed by atoms with E-state index in [0.717, 1.165) is 63.9 Å². The van der Waals surface area contributed by atoms with Crippen LogP contribution >= 0.6 is 27.7 Å². The van der Waals surface area contributed by atoms with Gasteiger partial charge < -0.3 is 31.3 Å². The topological polar surface area (TPSA) is 182 Å². The number of carbonyl (C=O) groups is 2. The van der Waals surface area contributed by atoms with Crippen molar-refractivity contribution in [1.82, 2.24) is 19.9 Å². The molecule has 4 aliphatic rings. The van der Waals surface area contributed by atoms with Crippen LogP contribution in [0.5, 0.6) is 0 Å². The number of nitrogens with one attached hydrogen (secondary N) is 3. The molecule has 4 aliphatic carbocycles. The third-order valence-corrected chi connectivity index (χ3v) is 17.8. The van der Waals surface area contributed by atoms with Crippen LogP contribution < -0.4 is 16.0 Å². The van der Waals surface area contributed by atoms with Gasteiger partial charge in [0.15, 0.2) is 5.65 Å². The van der Waals surface area contributed by atoms with Crippen LogP contribution in [0.1, 0.15) is 114 Å². The lowest BCUT2D eigenvalue weighted by Gasteiger charge is -2.63. The fourth-order valence-electron chi connectivity index (χ4n) is 12.7. The molecule has 66 heavy (non-hydrogen) atoms. The standard InChI is InChI=1S/C52H62BrN7O5S/c1-28(2)40-16-13-36-48(58-40)55-27-56-49(36)59-41-22-30(50(65)60-45-18-8-32(53)26-54-45)7-17-43(41)66-35-11-9-33(10-12-35)57-46(64)19-6-29(3)37-14-15-38-47-39(25-44(63)52(37,38)5)51(4)21-20-34(61)23-31(51)24-42(47)62/h7-13,16-18,22,26-29,31,34,37-39,42,44,47,61-63H,6,14-15,19-21,23-25H2,1-5H3,(H,57,64)(H,54,60,65)(H,55,56,58,59). The lowest BCUT2D eigenvalue weighted by molar-refractivity contribution is -0.207. The van der Waals surface area contributed by atoms with E-state index in [0.29, 0.717) is 59.4 Å². The molecule has 4 fully saturated rings. The fourth-order valence-corrected chi connectivity index (χ4v) is 13.8. The zero-order valence-corrected chi connectivity index (χ0v) is 40.8. The average Bonchev–Trinajstić information content (AvgIpc) is 3.66. The highest BCUT2D eigenvalue weighted by molar-refractivity contribution is 9.10. The van der Waals surface area contributed by atoms with Crippen molar-refractivity contribution in [3.8, 4) is 0 Å². The zero-order chi connectivity index (χ0) is 46.5. The van der Waals surface area contributed by atoms with Gasteiger partial charge in [0, 0.05) is 43.8 Å². The molecule has 5 aromatic rings. The van der Waals surface area contributed by atoms with E-state index in [1.54, 1.807) is 24.4 Å². The number of benzene rings is 2. The molecular formula is C52H62BrN7O5S. The second-order valence-corrected chi connectivity index (χ2v) is 22.4. The smallest absolute Gasteiger partial charge is 0.256 e. The lowest BCUT2D eigenvalue weighted by atomic mass is 9.43. The zero-order valence-electron chi connectivity index (χ0n) is 38.4. The van der Waals surface area contributed by atoms with Crippen LogP contribution in [0.15, 0.2) is 93.5 Å². The summed E-state index contributed by atoms with van der Waals surface area (Å²) in [5.41, 5.74) is 3.05. The Balaban J connectivity index is 0.855. The molecular weight excluding hydrogens is 915 g/mol. The van der Waals surface area contributed by atoms with Crippen LogP contribution in [0.4, 0.5) is 23.0 Å². The van der Waals surface area contributed by atoms with Gasteiger partial charge in [0.2, 0.25) is 5.91 Å². The van der Waals surface area contributed by atoms with Crippen LogP contribution in [0, 0.1) is 46.3 Å². The van der Waals surface area contributed by atoms with E-state index >= 15 is 0 Å². The van der Waals surface area contributed by atoms with Gasteiger partial charge in [0.1, 0.15) is 18.0 Å². The molecule has 12 nitrogen and oxygen atoms in total. The molecule has 0 saturated heterocycles. The summed E-state index contributed by atoms with van der Waals surface area (Å²) in [6.45, 7) is 11.1. The predicted octanol–water partition coefficient (Wildman–Crippen LogP) is 10.8. The number of halogens is 1. The molecule has 3 aromatic heterocycles. The summed E-state index contributed by atoms with van der Waals surface area (Å²) >= 11 is 4.91. The van der Waals surface area contributed by atoms with Gasteiger partial charge in [-0.3, -0.25) is 9.59 Å². The van der Waals surface area contributed by atoms with Crippen molar-refractivity contribution in [2.24, 2.45) is 46.3 Å². The predicted molar refractivity (Wildman–Crippen MR) is 263 cm³/mol. The summed E-state index contributed by atoms with van der Waals surface area (Å²) in [7, 11) is 0. The number of carbonyl (C=O) groups excluding carboxylic acids is 2. The van der Waals surface area contributed by atoms with Crippen LogP contribution in [-0.4, -0.2) is 65.4 Å². The number of aromatic nitrogens is 4. The van der Waals surface area contributed by atoms with Crippen molar-refractivity contribution in [2.75, 3.05) is 16.0 Å². The highest BCUT2D eigenvalue weighted by Gasteiger charge is 2.65. The highest BCUT2D eigenvalue weighted by atomic mass is 79.9. The number of aliphatic hydroxyl groups is 3. The summed E-state index contributed by atoms with van der Waals surface area (Å²) in [5.74, 6) is 2.35. The Hall–Kier alpha value is -4.47. The Morgan fingerprint density at radius 1 is 0.879 bits per heavy atom. The molecule has 11 unspecified atom stereocenters. The van der Waals surface area contributed by atoms with Crippen molar-refractivity contribution >= 4 is 73.6 Å². The highest BCUT2D eigenvalue weighted by Crippen LogP contribution is 2.68. The van der Waals surface area contributed by atoms with Gasteiger partial charge in [-0.25, -0.2) is 19.9 Å². The number of pyridine rings is 2. The third-order valence-electron chi connectivity index (χ3n) is 16.3. The first kappa shape index (κ1) is 46.6. The quantitative estimate of drug-likeness (QED) is 0.0700. The number of aliphatic hydroxyl groups excluding tert-OH is 3. The van der Waals surface area contributed by atoms with E-state index in [1.165, 1.54) is 18.1 Å². The second kappa shape index (κ2) is 18.9. The van der Waals surface area contributed by atoms with Gasteiger partial charge >= 0.3 is 0 Å². The van der Waals surface area contributed by atoms with Gasteiger partial charge in [0.05, 0.1) is 29.4 Å².